The number of hydrogen-bond acceptors (Lipinski definition) is 1. The van der Waals surface area contributed by atoms with Gasteiger partial charge in [0.15, 0.2) is 0 Å². The molecule has 0 spiro atoms. The summed E-state index contributed by atoms with van der Waals surface area (Å²) < 4.78 is 35.4. The van der Waals surface area contributed by atoms with Crippen molar-refractivity contribution in [1.82, 2.24) is 10.6 Å². The molecule has 0 atom stereocenters. The number of carbonyl (C=O) groups is 1. The molecular weight excluding hydrogens is 269 g/mol. The SMILES string of the molecule is O=C(NCCc1cccc(Cl)c1)NCC(F)(F)F. The minimum atomic E-state index is -4.40. The van der Waals surface area contributed by atoms with E-state index in [4.69, 9.17) is 11.6 Å². The third kappa shape index (κ3) is 6.34. The Morgan fingerprint density at radius 2 is 2.00 bits per heavy atom. The summed E-state index contributed by atoms with van der Waals surface area (Å²) >= 11 is 5.76. The Balaban J connectivity index is 2.23. The first-order valence-electron chi connectivity index (χ1n) is 5.20. The number of halogens is 4. The number of nitrogens with one attached hydrogen (secondary N) is 2. The Hall–Kier alpha value is -1.43. The van der Waals surface area contributed by atoms with Crippen LogP contribution >= 0.6 is 11.6 Å². The van der Waals surface area contributed by atoms with E-state index in [1.807, 2.05) is 6.07 Å². The number of carbonyl (C=O) groups excluding carboxylic acids is 1. The van der Waals surface area contributed by atoms with Crippen LogP contribution in [0.25, 0.3) is 0 Å². The quantitative estimate of drug-likeness (QED) is 0.875. The van der Waals surface area contributed by atoms with Crippen LogP contribution in [0.4, 0.5) is 18.0 Å². The maximum absolute atomic E-state index is 11.8. The van der Waals surface area contributed by atoms with Crippen molar-refractivity contribution in [3.63, 3.8) is 0 Å². The standard InChI is InChI=1S/C11H12ClF3N2O/c12-9-3-1-2-8(6-9)4-5-16-10(18)17-7-11(13,14)15/h1-3,6H,4-5,7H2,(H2,16,17,18). The van der Waals surface area contributed by atoms with Crippen LogP contribution in [0.1, 0.15) is 5.56 Å². The summed E-state index contributed by atoms with van der Waals surface area (Å²) in [4.78, 5) is 11.0. The Morgan fingerprint density at radius 3 is 2.61 bits per heavy atom. The third-order valence-corrected chi connectivity index (χ3v) is 2.27. The van der Waals surface area contributed by atoms with Gasteiger partial charge in [-0.2, -0.15) is 13.2 Å². The van der Waals surface area contributed by atoms with Crippen molar-refractivity contribution < 1.29 is 18.0 Å². The third-order valence-electron chi connectivity index (χ3n) is 2.04. The summed E-state index contributed by atoms with van der Waals surface area (Å²) in [6, 6.07) is 6.20. The van der Waals surface area contributed by atoms with Gasteiger partial charge >= 0.3 is 12.2 Å². The zero-order valence-electron chi connectivity index (χ0n) is 9.35. The predicted octanol–water partition coefficient (Wildman–Crippen LogP) is 2.74. The van der Waals surface area contributed by atoms with Gasteiger partial charge in [0.05, 0.1) is 0 Å². The lowest BCUT2D eigenvalue weighted by Crippen LogP contribution is -2.41. The molecule has 7 heteroatoms. The lowest BCUT2D eigenvalue weighted by Gasteiger charge is -2.09. The summed E-state index contributed by atoms with van der Waals surface area (Å²) in [6.45, 7) is -1.10. The summed E-state index contributed by atoms with van der Waals surface area (Å²) in [5.41, 5.74) is 0.902. The summed E-state index contributed by atoms with van der Waals surface area (Å²) in [6.07, 6.45) is -3.90. The van der Waals surface area contributed by atoms with Gasteiger partial charge in [-0.15, -0.1) is 0 Å². The second-order valence-corrected chi connectivity index (χ2v) is 4.04. The van der Waals surface area contributed by atoms with Gasteiger partial charge < -0.3 is 10.6 Å². The zero-order chi connectivity index (χ0) is 13.6. The molecule has 0 radical (unpaired) electrons. The van der Waals surface area contributed by atoms with Gasteiger partial charge in [-0.3, -0.25) is 0 Å². The van der Waals surface area contributed by atoms with Crippen molar-refractivity contribution in [3.8, 4) is 0 Å². The zero-order valence-corrected chi connectivity index (χ0v) is 10.1. The first-order chi connectivity index (χ1) is 8.37. The van der Waals surface area contributed by atoms with Crippen LogP contribution < -0.4 is 10.6 Å². The molecule has 1 aromatic carbocycles. The smallest absolute Gasteiger partial charge is 0.338 e. The lowest BCUT2D eigenvalue weighted by atomic mass is 10.1. The number of amides is 2. The van der Waals surface area contributed by atoms with Crippen LogP contribution in [0.5, 0.6) is 0 Å². The largest absolute Gasteiger partial charge is 0.405 e. The van der Waals surface area contributed by atoms with Crippen molar-refractivity contribution >= 4 is 17.6 Å². The molecule has 0 fully saturated rings. The first-order valence-corrected chi connectivity index (χ1v) is 5.57. The molecule has 0 aliphatic heterocycles. The van der Waals surface area contributed by atoms with Gasteiger partial charge in [-0.25, -0.2) is 4.79 Å². The van der Waals surface area contributed by atoms with Gasteiger partial charge in [0.2, 0.25) is 0 Å². The van der Waals surface area contributed by atoms with E-state index in [0.29, 0.717) is 11.4 Å². The van der Waals surface area contributed by atoms with E-state index < -0.39 is 18.8 Å². The molecule has 2 N–H and O–H groups in total. The second-order valence-electron chi connectivity index (χ2n) is 3.60. The highest BCUT2D eigenvalue weighted by molar-refractivity contribution is 6.30. The molecule has 0 aliphatic carbocycles. The predicted molar refractivity (Wildman–Crippen MR) is 62.6 cm³/mol. The van der Waals surface area contributed by atoms with Crippen LogP contribution in [-0.4, -0.2) is 25.3 Å². The molecule has 0 bridgehead atoms. The molecule has 0 saturated heterocycles. The van der Waals surface area contributed by atoms with E-state index in [0.717, 1.165) is 5.56 Å². The Kier molecular flexibility index (Phi) is 5.27. The minimum absolute atomic E-state index is 0.240. The van der Waals surface area contributed by atoms with Gasteiger partial charge in [-0.1, -0.05) is 23.7 Å². The van der Waals surface area contributed by atoms with E-state index in [1.54, 1.807) is 23.5 Å². The fraction of sp³-hybridized carbons (Fsp3) is 0.364. The fourth-order valence-corrected chi connectivity index (χ4v) is 1.47. The highest BCUT2D eigenvalue weighted by atomic mass is 35.5. The average molecular weight is 281 g/mol. The molecule has 1 aromatic rings. The molecular formula is C11H12ClF3N2O. The van der Waals surface area contributed by atoms with Crippen LogP contribution in [-0.2, 0) is 6.42 Å². The summed E-state index contributed by atoms with van der Waals surface area (Å²) in [7, 11) is 0. The normalized spacial score (nSPS) is 11.1. The highest BCUT2D eigenvalue weighted by Crippen LogP contribution is 2.12. The summed E-state index contributed by atoms with van der Waals surface area (Å²) in [5.74, 6) is 0. The minimum Gasteiger partial charge on any atom is -0.338 e. The van der Waals surface area contributed by atoms with E-state index in [1.165, 1.54) is 0 Å². The molecule has 0 aliphatic rings. The van der Waals surface area contributed by atoms with E-state index in [2.05, 4.69) is 5.32 Å². The molecule has 0 unspecified atom stereocenters. The molecule has 100 valence electrons. The van der Waals surface area contributed by atoms with Crippen molar-refractivity contribution in [1.29, 1.82) is 0 Å². The maximum Gasteiger partial charge on any atom is 0.405 e. The maximum atomic E-state index is 11.8. The lowest BCUT2D eigenvalue weighted by molar-refractivity contribution is -0.122. The van der Waals surface area contributed by atoms with Crippen LogP contribution in [0.3, 0.4) is 0 Å². The van der Waals surface area contributed by atoms with Gasteiger partial charge in [0, 0.05) is 11.6 Å². The number of hydrogen-bond donors (Lipinski definition) is 2. The van der Waals surface area contributed by atoms with Crippen molar-refractivity contribution in [2.24, 2.45) is 0 Å². The fourth-order valence-electron chi connectivity index (χ4n) is 1.26. The Labute approximate surface area is 107 Å². The molecule has 18 heavy (non-hydrogen) atoms. The van der Waals surface area contributed by atoms with E-state index in [-0.39, 0.29) is 6.54 Å². The molecule has 1 rings (SSSR count). The van der Waals surface area contributed by atoms with Crippen LogP contribution in [0, 0.1) is 0 Å². The summed E-state index contributed by atoms with van der Waals surface area (Å²) in [5, 5.41) is 4.63. The number of benzene rings is 1. The molecule has 0 aromatic heterocycles. The van der Waals surface area contributed by atoms with Crippen molar-refractivity contribution in [2.45, 2.75) is 12.6 Å². The van der Waals surface area contributed by atoms with Crippen molar-refractivity contribution in [2.75, 3.05) is 13.1 Å². The van der Waals surface area contributed by atoms with Crippen LogP contribution in [0.15, 0.2) is 24.3 Å². The average Bonchev–Trinajstić information content (AvgIpc) is 2.25. The molecule has 0 heterocycles. The highest BCUT2D eigenvalue weighted by Gasteiger charge is 2.27. The Morgan fingerprint density at radius 1 is 1.28 bits per heavy atom. The number of alkyl halides is 3. The van der Waals surface area contributed by atoms with E-state index in [9.17, 15) is 18.0 Å². The van der Waals surface area contributed by atoms with Gasteiger partial charge in [0.25, 0.3) is 0 Å². The molecule has 3 nitrogen and oxygen atoms in total. The first kappa shape index (κ1) is 14.6. The van der Waals surface area contributed by atoms with Gasteiger partial charge in [-0.05, 0) is 24.1 Å². The second kappa shape index (κ2) is 6.49. The monoisotopic (exact) mass is 280 g/mol. The topological polar surface area (TPSA) is 41.1 Å². The number of urea groups is 1. The molecule has 2 amide bonds. The van der Waals surface area contributed by atoms with Crippen molar-refractivity contribution in [3.05, 3.63) is 34.9 Å². The van der Waals surface area contributed by atoms with Crippen LogP contribution in [0.2, 0.25) is 5.02 Å². The van der Waals surface area contributed by atoms with Gasteiger partial charge in [0.1, 0.15) is 6.54 Å². The Bertz CT molecular complexity index is 410. The van der Waals surface area contributed by atoms with E-state index >= 15 is 0 Å². The number of rotatable bonds is 4. The molecule has 0 saturated carbocycles.